The van der Waals surface area contributed by atoms with E-state index >= 15 is 0 Å². The van der Waals surface area contributed by atoms with E-state index in [2.05, 4.69) is 45.2 Å². The standard InChI is InChI=1S/C10H12I2O3S.Na/c11-5-3-8-1-2-9(4-6-12)10(7-8)16(13,14)15;/h1-2,7H,3-6H2,(H,13,14,15);/q;+1/p-1. The third kappa shape index (κ3) is 6.05. The number of rotatable bonds is 5. The number of alkyl halides is 2. The maximum Gasteiger partial charge on any atom is 1.00 e. The van der Waals surface area contributed by atoms with E-state index in [0.717, 1.165) is 20.8 Å². The Morgan fingerprint density at radius 3 is 2.18 bits per heavy atom. The van der Waals surface area contributed by atoms with Gasteiger partial charge in [-0.3, -0.25) is 0 Å². The van der Waals surface area contributed by atoms with Gasteiger partial charge in [0.1, 0.15) is 10.1 Å². The minimum Gasteiger partial charge on any atom is -0.744 e. The molecule has 0 aromatic heterocycles. The molecule has 3 nitrogen and oxygen atoms in total. The fourth-order valence-corrected chi connectivity index (χ4v) is 3.40. The molecule has 0 fully saturated rings. The molecule has 0 N–H and O–H groups in total. The van der Waals surface area contributed by atoms with Gasteiger partial charge in [-0.15, -0.1) is 0 Å². The summed E-state index contributed by atoms with van der Waals surface area (Å²) in [5, 5.41) is 0. The third-order valence-electron chi connectivity index (χ3n) is 2.15. The molecule has 7 heteroatoms. The van der Waals surface area contributed by atoms with Crippen LogP contribution in [0.15, 0.2) is 23.1 Å². The molecule has 90 valence electrons. The third-order valence-corrected chi connectivity index (χ3v) is 4.15. The SMILES string of the molecule is O=S(=O)([O-])c1cc(CCI)ccc1CCI.[Na+]. The van der Waals surface area contributed by atoms with Gasteiger partial charge in [0.2, 0.25) is 0 Å². The van der Waals surface area contributed by atoms with Crippen LogP contribution in [0.4, 0.5) is 0 Å². The van der Waals surface area contributed by atoms with Crippen molar-refractivity contribution >= 4 is 55.3 Å². The molecule has 0 aliphatic heterocycles. The molecule has 17 heavy (non-hydrogen) atoms. The van der Waals surface area contributed by atoms with Crippen LogP contribution in [0.2, 0.25) is 0 Å². The van der Waals surface area contributed by atoms with Crippen molar-refractivity contribution in [3.8, 4) is 0 Å². The summed E-state index contributed by atoms with van der Waals surface area (Å²) in [5.41, 5.74) is 1.53. The molecular formula is C10H11I2NaO3S. The summed E-state index contributed by atoms with van der Waals surface area (Å²) < 4.78 is 35.1. The second-order valence-corrected chi connectivity index (χ2v) is 6.78. The van der Waals surface area contributed by atoms with Crippen LogP contribution in [-0.2, 0) is 23.0 Å². The molecule has 0 radical (unpaired) electrons. The molecule has 0 unspecified atom stereocenters. The molecule has 0 aliphatic rings. The monoisotopic (exact) mass is 488 g/mol. The molecule has 1 aromatic carbocycles. The maximum atomic E-state index is 11.1. The quantitative estimate of drug-likeness (QED) is 0.245. The molecule has 1 aromatic rings. The van der Waals surface area contributed by atoms with Gasteiger partial charge in [0.05, 0.1) is 4.90 Å². The van der Waals surface area contributed by atoms with Crippen molar-refractivity contribution in [3.63, 3.8) is 0 Å². The van der Waals surface area contributed by atoms with Crippen LogP contribution in [-0.4, -0.2) is 21.8 Å². The van der Waals surface area contributed by atoms with Crippen LogP contribution in [0.5, 0.6) is 0 Å². The number of hydrogen-bond acceptors (Lipinski definition) is 3. The molecule has 1 rings (SSSR count). The zero-order valence-corrected chi connectivity index (χ0v) is 16.6. The number of aryl methyl sites for hydroxylation is 2. The summed E-state index contributed by atoms with van der Waals surface area (Å²) in [4.78, 5) is -0.0495. The molecule has 0 amide bonds. The van der Waals surface area contributed by atoms with E-state index < -0.39 is 10.1 Å². The van der Waals surface area contributed by atoms with Crippen molar-refractivity contribution in [3.05, 3.63) is 29.3 Å². The van der Waals surface area contributed by atoms with Crippen molar-refractivity contribution in [1.29, 1.82) is 0 Å². The average Bonchev–Trinajstić information content (AvgIpc) is 2.19. The largest absolute Gasteiger partial charge is 1.00 e. The average molecular weight is 488 g/mol. The normalized spacial score (nSPS) is 11.0. The van der Waals surface area contributed by atoms with Crippen molar-refractivity contribution in [2.75, 3.05) is 8.86 Å². The summed E-state index contributed by atoms with van der Waals surface area (Å²) in [6.45, 7) is 0. The van der Waals surface area contributed by atoms with Gasteiger partial charge in [0.25, 0.3) is 0 Å². The van der Waals surface area contributed by atoms with Gasteiger partial charge in [-0.1, -0.05) is 57.3 Å². The Labute approximate surface area is 151 Å². The van der Waals surface area contributed by atoms with Crippen molar-refractivity contribution in [2.24, 2.45) is 0 Å². The van der Waals surface area contributed by atoms with Crippen molar-refractivity contribution in [1.82, 2.24) is 0 Å². The second-order valence-electron chi connectivity index (χ2n) is 3.27. The first-order valence-corrected chi connectivity index (χ1v) is 9.14. The van der Waals surface area contributed by atoms with Crippen molar-refractivity contribution < 1.29 is 42.5 Å². The Morgan fingerprint density at radius 2 is 1.71 bits per heavy atom. The summed E-state index contributed by atoms with van der Waals surface area (Å²) in [7, 11) is -4.35. The van der Waals surface area contributed by atoms with Gasteiger partial charge in [-0.2, -0.15) is 0 Å². The summed E-state index contributed by atoms with van der Waals surface area (Å²) in [5.74, 6) is 0. The van der Waals surface area contributed by atoms with E-state index in [1.165, 1.54) is 6.07 Å². The molecule has 0 saturated heterocycles. The van der Waals surface area contributed by atoms with Crippen LogP contribution >= 0.6 is 45.2 Å². The summed E-state index contributed by atoms with van der Waals surface area (Å²) in [6, 6.07) is 5.17. The first-order chi connectivity index (χ1) is 7.49. The Bertz CT molecular complexity index is 463. The Kier molecular flexibility index (Phi) is 9.51. The van der Waals surface area contributed by atoms with E-state index in [-0.39, 0.29) is 34.5 Å². The summed E-state index contributed by atoms with van der Waals surface area (Å²) in [6.07, 6.45) is 1.40. The fraction of sp³-hybridized carbons (Fsp3) is 0.400. The van der Waals surface area contributed by atoms with E-state index in [0.29, 0.717) is 12.0 Å². The first kappa shape index (κ1) is 18.6. The number of benzene rings is 1. The predicted octanol–water partition coefficient (Wildman–Crippen LogP) is -0.450. The number of halogens is 2. The van der Waals surface area contributed by atoms with E-state index in [1.807, 2.05) is 6.07 Å². The van der Waals surface area contributed by atoms with E-state index in [9.17, 15) is 13.0 Å². The molecule has 0 atom stereocenters. The first-order valence-electron chi connectivity index (χ1n) is 4.68. The molecule has 0 saturated carbocycles. The minimum absolute atomic E-state index is 0. The second kappa shape index (κ2) is 8.70. The van der Waals surface area contributed by atoms with Gasteiger partial charge in [0, 0.05) is 8.86 Å². The predicted molar refractivity (Wildman–Crippen MR) is 79.6 cm³/mol. The zero-order chi connectivity index (χ0) is 12.2. The van der Waals surface area contributed by atoms with Crippen LogP contribution < -0.4 is 29.6 Å². The summed E-state index contributed by atoms with van der Waals surface area (Å²) >= 11 is 4.38. The Morgan fingerprint density at radius 1 is 1.12 bits per heavy atom. The molecule has 0 bridgehead atoms. The zero-order valence-electron chi connectivity index (χ0n) is 9.45. The van der Waals surface area contributed by atoms with Crippen LogP contribution in [0.3, 0.4) is 0 Å². The van der Waals surface area contributed by atoms with Gasteiger partial charge < -0.3 is 4.55 Å². The Balaban J connectivity index is 0.00000256. The minimum atomic E-state index is -4.35. The van der Waals surface area contributed by atoms with Crippen LogP contribution in [0.1, 0.15) is 11.1 Å². The van der Waals surface area contributed by atoms with E-state index in [1.54, 1.807) is 6.07 Å². The van der Waals surface area contributed by atoms with Crippen molar-refractivity contribution in [2.45, 2.75) is 17.7 Å². The van der Waals surface area contributed by atoms with Crippen LogP contribution in [0, 0.1) is 0 Å². The van der Waals surface area contributed by atoms with Gasteiger partial charge in [-0.25, -0.2) is 8.42 Å². The molecule has 0 heterocycles. The smallest absolute Gasteiger partial charge is 0.744 e. The fourth-order valence-electron chi connectivity index (χ4n) is 1.40. The van der Waals surface area contributed by atoms with Gasteiger partial charge in [0.15, 0.2) is 0 Å². The van der Waals surface area contributed by atoms with E-state index in [4.69, 9.17) is 0 Å². The van der Waals surface area contributed by atoms with Gasteiger partial charge in [-0.05, 0) is 30.0 Å². The van der Waals surface area contributed by atoms with Gasteiger partial charge >= 0.3 is 29.6 Å². The molecular weight excluding hydrogens is 477 g/mol. The maximum absolute atomic E-state index is 11.1. The topological polar surface area (TPSA) is 57.2 Å². The number of hydrogen-bond donors (Lipinski definition) is 0. The molecule has 0 aliphatic carbocycles. The van der Waals surface area contributed by atoms with Crippen LogP contribution in [0.25, 0.3) is 0 Å². The molecule has 0 spiro atoms. The Hall–Kier alpha value is 1.59.